The maximum Gasteiger partial charge on any atom is 0.305 e. The summed E-state index contributed by atoms with van der Waals surface area (Å²) in [5.74, 6) is -0.154. The van der Waals surface area contributed by atoms with Crippen molar-refractivity contribution in [3.8, 4) is 0 Å². The Kier molecular flexibility index (Phi) is 8.58. The minimum absolute atomic E-state index is 0.154. The Bertz CT molecular complexity index is 670. The number of anilines is 1. The summed E-state index contributed by atoms with van der Waals surface area (Å²) in [4.78, 5) is 19.3. The van der Waals surface area contributed by atoms with Crippen molar-refractivity contribution in [3.63, 3.8) is 0 Å². The minimum atomic E-state index is -0.154. The van der Waals surface area contributed by atoms with E-state index in [9.17, 15) is 4.79 Å². The molecule has 0 unspecified atom stereocenters. The van der Waals surface area contributed by atoms with Crippen molar-refractivity contribution in [3.05, 3.63) is 45.9 Å². The number of ether oxygens (including phenoxy) is 1. The average Bonchev–Trinajstić information content (AvgIpc) is 3.13. The van der Waals surface area contributed by atoms with Crippen molar-refractivity contribution in [2.75, 3.05) is 39.1 Å². The van der Waals surface area contributed by atoms with Crippen LogP contribution < -0.4 is 5.32 Å². The summed E-state index contributed by atoms with van der Waals surface area (Å²) in [7, 11) is 3.55. The molecule has 0 aliphatic carbocycles. The molecule has 5 nitrogen and oxygen atoms in total. The number of likely N-dealkylation sites (N-methyl/N-ethyl adjacent to an activating group) is 1. The van der Waals surface area contributed by atoms with E-state index in [1.165, 1.54) is 17.6 Å². The second-order valence-electron chi connectivity index (χ2n) is 6.36. The van der Waals surface area contributed by atoms with Gasteiger partial charge in [0.25, 0.3) is 0 Å². The fraction of sp³-hybridized carbons (Fsp3) is 0.500. The SMILES string of the molecule is CCN(C)CCNc1ccc(CCc2csc(CCC(=O)OC)c2)nc1. The molecule has 2 aromatic rings. The van der Waals surface area contributed by atoms with Gasteiger partial charge < -0.3 is 15.0 Å². The molecule has 0 aliphatic rings. The highest BCUT2D eigenvalue weighted by atomic mass is 32.1. The molecular formula is C20H29N3O2S. The second kappa shape index (κ2) is 10.9. The number of methoxy groups -OCH3 is 1. The molecule has 6 heteroatoms. The Morgan fingerprint density at radius 2 is 2.15 bits per heavy atom. The number of aromatic nitrogens is 1. The van der Waals surface area contributed by atoms with Crippen molar-refractivity contribution >= 4 is 23.0 Å². The lowest BCUT2D eigenvalue weighted by molar-refractivity contribution is -0.140. The summed E-state index contributed by atoms with van der Waals surface area (Å²) in [6.45, 7) is 5.17. The second-order valence-corrected chi connectivity index (χ2v) is 7.35. The van der Waals surface area contributed by atoms with Gasteiger partial charge in [-0.1, -0.05) is 6.92 Å². The number of thiophene rings is 1. The Hall–Kier alpha value is -1.92. The molecule has 0 saturated carbocycles. The van der Waals surface area contributed by atoms with Crippen molar-refractivity contribution in [2.24, 2.45) is 0 Å². The van der Waals surface area contributed by atoms with Gasteiger partial charge in [-0.25, -0.2) is 0 Å². The van der Waals surface area contributed by atoms with E-state index in [0.29, 0.717) is 6.42 Å². The number of esters is 1. The zero-order valence-corrected chi connectivity index (χ0v) is 16.8. The first-order valence-corrected chi connectivity index (χ1v) is 9.99. The fourth-order valence-corrected chi connectivity index (χ4v) is 3.44. The predicted octanol–water partition coefficient (Wildman–Crippen LogP) is 3.40. The zero-order chi connectivity index (χ0) is 18.8. The summed E-state index contributed by atoms with van der Waals surface area (Å²) in [5.41, 5.74) is 3.48. The van der Waals surface area contributed by atoms with Crippen LogP contribution in [0, 0.1) is 0 Å². The van der Waals surface area contributed by atoms with Gasteiger partial charge in [0.15, 0.2) is 0 Å². The molecule has 0 aliphatic heterocycles. The Morgan fingerprint density at radius 1 is 1.31 bits per heavy atom. The number of rotatable bonds is 11. The molecule has 26 heavy (non-hydrogen) atoms. The van der Waals surface area contributed by atoms with Crippen LogP contribution in [0.2, 0.25) is 0 Å². The highest BCUT2D eigenvalue weighted by Gasteiger charge is 2.05. The monoisotopic (exact) mass is 375 g/mol. The van der Waals surface area contributed by atoms with Gasteiger partial charge in [-0.15, -0.1) is 11.3 Å². The first-order chi connectivity index (χ1) is 12.6. The summed E-state index contributed by atoms with van der Waals surface area (Å²) >= 11 is 1.71. The smallest absolute Gasteiger partial charge is 0.305 e. The van der Waals surface area contributed by atoms with Gasteiger partial charge >= 0.3 is 5.97 Å². The maximum atomic E-state index is 11.2. The topological polar surface area (TPSA) is 54.5 Å². The highest BCUT2D eigenvalue weighted by molar-refractivity contribution is 7.10. The number of hydrogen-bond acceptors (Lipinski definition) is 6. The van der Waals surface area contributed by atoms with Crippen LogP contribution in [0.15, 0.2) is 29.8 Å². The molecule has 0 radical (unpaired) electrons. The van der Waals surface area contributed by atoms with Crippen LogP contribution in [0.25, 0.3) is 0 Å². The van der Waals surface area contributed by atoms with E-state index in [2.05, 4.69) is 57.5 Å². The number of carbonyl (C=O) groups is 1. The average molecular weight is 376 g/mol. The molecule has 0 atom stereocenters. The van der Waals surface area contributed by atoms with Gasteiger partial charge in [0, 0.05) is 23.7 Å². The zero-order valence-electron chi connectivity index (χ0n) is 16.0. The van der Waals surface area contributed by atoms with Gasteiger partial charge in [0.1, 0.15) is 0 Å². The van der Waals surface area contributed by atoms with E-state index in [1.807, 2.05) is 6.20 Å². The van der Waals surface area contributed by atoms with E-state index in [0.717, 1.165) is 50.3 Å². The summed E-state index contributed by atoms with van der Waals surface area (Å²) < 4.78 is 4.69. The maximum absolute atomic E-state index is 11.2. The van der Waals surface area contributed by atoms with Gasteiger partial charge in [-0.2, -0.15) is 0 Å². The molecule has 0 spiro atoms. The number of pyridine rings is 1. The molecule has 2 rings (SSSR count). The lowest BCUT2D eigenvalue weighted by Gasteiger charge is -2.14. The summed E-state index contributed by atoms with van der Waals surface area (Å²) in [5, 5.41) is 5.58. The van der Waals surface area contributed by atoms with Gasteiger partial charge in [-0.3, -0.25) is 9.78 Å². The standard InChI is InChI=1S/C20H29N3O2S/c1-4-23(2)12-11-21-18-8-7-17(22-14-18)6-5-16-13-19(26-15-16)9-10-20(24)25-3/h7-8,13-15,21H,4-6,9-12H2,1-3H3. The van der Waals surface area contributed by atoms with Crippen LogP contribution in [-0.2, 0) is 28.8 Å². The van der Waals surface area contributed by atoms with E-state index >= 15 is 0 Å². The molecule has 2 heterocycles. The van der Waals surface area contributed by atoms with E-state index in [-0.39, 0.29) is 5.97 Å². The quantitative estimate of drug-likeness (QED) is 0.610. The van der Waals surface area contributed by atoms with Crippen LogP contribution in [0.3, 0.4) is 0 Å². The Labute approximate surface area is 160 Å². The third-order valence-electron chi connectivity index (χ3n) is 4.37. The van der Waals surface area contributed by atoms with Crippen LogP contribution in [-0.4, -0.2) is 49.6 Å². The van der Waals surface area contributed by atoms with Gasteiger partial charge in [-0.05, 0) is 62.0 Å². The molecule has 142 valence electrons. The number of nitrogens with zero attached hydrogens (tertiary/aromatic N) is 2. The van der Waals surface area contributed by atoms with Crippen LogP contribution >= 0.6 is 11.3 Å². The molecular weight excluding hydrogens is 346 g/mol. The number of aryl methyl sites for hydroxylation is 3. The predicted molar refractivity (Wildman–Crippen MR) is 108 cm³/mol. The molecule has 0 amide bonds. The lowest BCUT2D eigenvalue weighted by Crippen LogP contribution is -2.24. The van der Waals surface area contributed by atoms with Crippen molar-refractivity contribution in [1.29, 1.82) is 0 Å². The van der Waals surface area contributed by atoms with Crippen LogP contribution in [0.4, 0.5) is 5.69 Å². The highest BCUT2D eigenvalue weighted by Crippen LogP contribution is 2.18. The molecule has 0 saturated heterocycles. The molecule has 2 aromatic heterocycles. The van der Waals surface area contributed by atoms with E-state index < -0.39 is 0 Å². The first kappa shape index (κ1) is 20.4. The number of carbonyl (C=O) groups excluding carboxylic acids is 1. The normalized spacial score (nSPS) is 10.9. The fourth-order valence-electron chi connectivity index (χ4n) is 2.51. The van der Waals surface area contributed by atoms with Crippen LogP contribution in [0.5, 0.6) is 0 Å². The minimum Gasteiger partial charge on any atom is -0.469 e. The van der Waals surface area contributed by atoms with Gasteiger partial charge in [0.05, 0.1) is 25.4 Å². The molecule has 0 bridgehead atoms. The molecule has 1 N–H and O–H groups in total. The van der Waals surface area contributed by atoms with Crippen molar-refractivity contribution in [1.82, 2.24) is 9.88 Å². The van der Waals surface area contributed by atoms with E-state index in [1.54, 1.807) is 11.3 Å². The third-order valence-corrected chi connectivity index (χ3v) is 5.41. The van der Waals surface area contributed by atoms with Crippen molar-refractivity contribution in [2.45, 2.75) is 32.6 Å². The number of nitrogens with one attached hydrogen (secondary N) is 1. The summed E-state index contributed by atoms with van der Waals surface area (Å²) in [6, 6.07) is 6.38. The van der Waals surface area contributed by atoms with Gasteiger partial charge in [0.2, 0.25) is 0 Å². The number of hydrogen-bond donors (Lipinski definition) is 1. The van der Waals surface area contributed by atoms with Crippen LogP contribution in [0.1, 0.15) is 29.5 Å². The van der Waals surface area contributed by atoms with Crippen molar-refractivity contribution < 1.29 is 9.53 Å². The Morgan fingerprint density at radius 3 is 2.85 bits per heavy atom. The Balaban J connectivity index is 1.74. The largest absolute Gasteiger partial charge is 0.469 e. The first-order valence-electron chi connectivity index (χ1n) is 9.11. The summed E-state index contributed by atoms with van der Waals surface area (Å²) in [6.07, 6.45) is 5.00. The molecule has 0 fully saturated rings. The molecule has 0 aromatic carbocycles. The third kappa shape index (κ3) is 7.14. The van der Waals surface area contributed by atoms with E-state index in [4.69, 9.17) is 0 Å². The lowest BCUT2D eigenvalue weighted by atomic mass is 10.1.